The Bertz CT molecular complexity index is 669. The molecule has 0 spiro atoms. The fraction of sp³-hybridized carbons (Fsp3) is 0.429. The quantitative estimate of drug-likeness (QED) is 0.871. The first-order valence-electron chi connectivity index (χ1n) is 9.32. The SMILES string of the molecule is CCNC(=O)c1ccc(N2CCCCC2CCc2ccccc2)nc1. The molecule has 1 aromatic carbocycles. The van der Waals surface area contributed by atoms with E-state index < -0.39 is 0 Å². The molecule has 4 nitrogen and oxygen atoms in total. The van der Waals surface area contributed by atoms with Gasteiger partial charge >= 0.3 is 0 Å². The van der Waals surface area contributed by atoms with Gasteiger partial charge in [-0.05, 0) is 56.7 Å². The highest BCUT2D eigenvalue weighted by Crippen LogP contribution is 2.26. The summed E-state index contributed by atoms with van der Waals surface area (Å²) in [5, 5.41) is 2.82. The fourth-order valence-corrected chi connectivity index (χ4v) is 3.53. The zero-order chi connectivity index (χ0) is 17.5. The molecule has 1 aliphatic rings. The molecule has 0 radical (unpaired) electrons. The molecule has 4 heteroatoms. The van der Waals surface area contributed by atoms with E-state index in [1.807, 2.05) is 19.1 Å². The summed E-state index contributed by atoms with van der Waals surface area (Å²) in [4.78, 5) is 18.9. The van der Waals surface area contributed by atoms with Crippen molar-refractivity contribution >= 4 is 11.7 Å². The van der Waals surface area contributed by atoms with Crippen molar-refractivity contribution in [3.63, 3.8) is 0 Å². The predicted octanol–water partition coefficient (Wildman–Crippen LogP) is 3.82. The summed E-state index contributed by atoms with van der Waals surface area (Å²) in [7, 11) is 0. The second-order valence-corrected chi connectivity index (χ2v) is 6.63. The Hall–Kier alpha value is -2.36. The van der Waals surface area contributed by atoms with E-state index in [0.717, 1.165) is 25.2 Å². The Labute approximate surface area is 150 Å². The van der Waals surface area contributed by atoms with Crippen molar-refractivity contribution in [2.75, 3.05) is 18.0 Å². The van der Waals surface area contributed by atoms with E-state index in [-0.39, 0.29) is 5.91 Å². The molecule has 1 saturated heterocycles. The van der Waals surface area contributed by atoms with Crippen LogP contribution >= 0.6 is 0 Å². The van der Waals surface area contributed by atoms with E-state index in [9.17, 15) is 4.79 Å². The second kappa shape index (κ2) is 8.65. The molecule has 0 aliphatic carbocycles. The largest absolute Gasteiger partial charge is 0.354 e. The average molecular weight is 337 g/mol. The van der Waals surface area contributed by atoms with Crippen molar-refractivity contribution in [1.82, 2.24) is 10.3 Å². The molecule has 1 fully saturated rings. The van der Waals surface area contributed by atoms with Gasteiger partial charge in [-0.3, -0.25) is 4.79 Å². The van der Waals surface area contributed by atoms with E-state index in [2.05, 4.69) is 45.5 Å². The number of hydrogen-bond acceptors (Lipinski definition) is 3. The lowest BCUT2D eigenvalue weighted by molar-refractivity contribution is 0.0955. The van der Waals surface area contributed by atoms with Gasteiger partial charge in [0.05, 0.1) is 5.56 Å². The summed E-state index contributed by atoms with van der Waals surface area (Å²) in [5.74, 6) is 0.937. The normalized spacial score (nSPS) is 17.3. The number of nitrogens with zero attached hydrogens (tertiary/aromatic N) is 2. The number of carbonyl (C=O) groups excluding carboxylic acids is 1. The molecule has 0 bridgehead atoms. The highest BCUT2D eigenvalue weighted by Gasteiger charge is 2.23. The van der Waals surface area contributed by atoms with Gasteiger partial charge in [-0.2, -0.15) is 0 Å². The molecule has 0 saturated carbocycles. The van der Waals surface area contributed by atoms with Gasteiger partial charge in [-0.25, -0.2) is 4.98 Å². The van der Waals surface area contributed by atoms with Crippen LogP contribution in [0.1, 0.15) is 48.5 Å². The number of amides is 1. The zero-order valence-electron chi connectivity index (χ0n) is 14.9. The molecule has 1 unspecified atom stereocenters. The van der Waals surface area contributed by atoms with Crippen LogP contribution in [0.25, 0.3) is 0 Å². The second-order valence-electron chi connectivity index (χ2n) is 6.63. The lowest BCUT2D eigenvalue weighted by Gasteiger charge is -2.37. The summed E-state index contributed by atoms with van der Waals surface area (Å²) in [6.07, 6.45) is 7.65. The van der Waals surface area contributed by atoms with Crippen molar-refractivity contribution in [2.24, 2.45) is 0 Å². The fourth-order valence-electron chi connectivity index (χ4n) is 3.53. The van der Waals surface area contributed by atoms with Gasteiger partial charge < -0.3 is 10.2 Å². The maximum atomic E-state index is 11.9. The van der Waals surface area contributed by atoms with E-state index in [1.54, 1.807) is 6.20 Å². The van der Waals surface area contributed by atoms with Gasteiger partial charge in [0.2, 0.25) is 0 Å². The van der Waals surface area contributed by atoms with Gasteiger partial charge in [-0.15, -0.1) is 0 Å². The Balaban J connectivity index is 1.66. The summed E-state index contributed by atoms with van der Waals surface area (Å²) in [5.41, 5.74) is 2.02. The highest BCUT2D eigenvalue weighted by atomic mass is 16.1. The molecule has 1 amide bonds. The number of benzene rings is 1. The lowest BCUT2D eigenvalue weighted by Crippen LogP contribution is -2.40. The first-order chi connectivity index (χ1) is 12.3. The number of nitrogens with one attached hydrogen (secondary N) is 1. The Kier molecular flexibility index (Phi) is 6.04. The summed E-state index contributed by atoms with van der Waals surface area (Å²) >= 11 is 0. The third-order valence-corrected chi connectivity index (χ3v) is 4.88. The van der Waals surface area contributed by atoms with Crippen LogP contribution in [0.15, 0.2) is 48.7 Å². The van der Waals surface area contributed by atoms with Crippen molar-refractivity contribution < 1.29 is 4.79 Å². The minimum absolute atomic E-state index is 0.0548. The van der Waals surface area contributed by atoms with E-state index in [1.165, 1.54) is 24.8 Å². The van der Waals surface area contributed by atoms with Crippen LogP contribution in [-0.2, 0) is 6.42 Å². The number of rotatable bonds is 6. The minimum atomic E-state index is -0.0548. The number of pyridine rings is 1. The summed E-state index contributed by atoms with van der Waals surface area (Å²) in [6, 6.07) is 15.1. The number of aromatic nitrogens is 1. The van der Waals surface area contributed by atoms with Crippen LogP contribution in [0.5, 0.6) is 0 Å². The van der Waals surface area contributed by atoms with Crippen LogP contribution in [0.3, 0.4) is 0 Å². The maximum absolute atomic E-state index is 11.9. The summed E-state index contributed by atoms with van der Waals surface area (Å²) in [6.45, 7) is 3.60. The molecule has 25 heavy (non-hydrogen) atoms. The standard InChI is InChI=1S/C21H27N3O/c1-2-22-21(25)18-12-14-20(23-16-18)24-15-7-6-10-19(24)13-11-17-8-4-3-5-9-17/h3-5,8-9,12,14,16,19H,2,6-7,10-11,13,15H2,1H3,(H,22,25). The van der Waals surface area contributed by atoms with Gasteiger partial charge in [0.15, 0.2) is 0 Å². The molecule has 3 rings (SSSR count). The Morgan fingerprint density at radius 3 is 2.76 bits per heavy atom. The number of piperidine rings is 1. The van der Waals surface area contributed by atoms with E-state index >= 15 is 0 Å². The molecule has 132 valence electrons. The average Bonchev–Trinajstić information content (AvgIpc) is 2.68. The van der Waals surface area contributed by atoms with Gasteiger partial charge in [0.25, 0.3) is 5.91 Å². The topological polar surface area (TPSA) is 45.2 Å². The predicted molar refractivity (Wildman–Crippen MR) is 102 cm³/mol. The Morgan fingerprint density at radius 1 is 1.20 bits per heavy atom. The maximum Gasteiger partial charge on any atom is 0.252 e. The number of aryl methyl sites for hydroxylation is 1. The molecule has 1 aromatic heterocycles. The summed E-state index contributed by atoms with van der Waals surface area (Å²) < 4.78 is 0. The number of hydrogen-bond donors (Lipinski definition) is 1. The van der Waals surface area contributed by atoms with E-state index in [0.29, 0.717) is 18.2 Å². The molecule has 1 aliphatic heterocycles. The minimum Gasteiger partial charge on any atom is -0.354 e. The van der Waals surface area contributed by atoms with Crippen LogP contribution in [0.2, 0.25) is 0 Å². The van der Waals surface area contributed by atoms with E-state index in [4.69, 9.17) is 0 Å². The first kappa shape index (κ1) is 17.5. The van der Waals surface area contributed by atoms with Crippen LogP contribution in [0.4, 0.5) is 5.82 Å². The third-order valence-electron chi connectivity index (χ3n) is 4.88. The number of anilines is 1. The monoisotopic (exact) mass is 337 g/mol. The van der Waals surface area contributed by atoms with Gasteiger partial charge in [0, 0.05) is 25.3 Å². The highest BCUT2D eigenvalue weighted by molar-refractivity contribution is 5.94. The molecule has 2 aromatic rings. The smallest absolute Gasteiger partial charge is 0.252 e. The van der Waals surface area contributed by atoms with Crippen LogP contribution in [-0.4, -0.2) is 30.0 Å². The Morgan fingerprint density at radius 2 is 2.04 bits per heavy atom. The van der Waals surface area contributed by atoms with Crippen molar-refractivity contribution in [1.29, 1.82) is 0 Å². The van der Waals surface area contributed by atoms with Crippen molar-refractivity contribution in [2.45, 2.75) is 45.1 Å². The number of carbonyl (C=O) groups is 1. The van der Waals surface area contributed by atoms with Crippen LogP contribution in [0, 0.1) is 0 Å². The third kappa shape index (κ3) is 4.59. The van der Waals surface area contributed by atoms with Gasteiger partial charge in [0.1, 0.15) is 5.82 Å². The molecule has 1 atom stereocenters. The lowest BCUT2D eigenvalue weighted by atomic mass is 9.96. The van der Waals surface area contributed by atoms with Crippen LogP contribution < -0.4 is 10.2 Å². The van der Waals surface area contributed by atoms with Crippen molar-refractivity contribution in [3.05, 3.63) is 59.8 Å². The first-order valence-corrected chi connectivity index (χ1v) is 9.32. The zero-order valence-corrected chi connectivity index (χ0v) is 14.9. The van der Waals surface area contributed by atoms with Crippen molar-refractivity contribution in [3.8, 4) is 0 Å². The molecule has 1 N–H and O–H groups in total. The molecular formula is C21H27N3O. The molecule has 2 heterocycles. The molecular weight excluding hydrogens is 310 g/mol. The van der Waals surface area contributed by atoms with Gasteiger partial charge in [-0.1, -0.05) is 30.3 Å².